The fourth-order valence-corrected chi connectivity index (χ4v) is 3.45. The number of hydrogen-bond acceptors (Lipinski definition) is 4. The summed E-state index contributed by atoms with van der Waals surface area (Å²) >= 11 is 6.29. The van der Waals surface area contributed by atoms with Crippen LogP contribution >= 0.6 is 11.6 Å². The van der Waals surface area contributed by atoms with Crippen molar-refractivity contribution in [3.63, 3.8) is 0 Å². The van der Waals surface area contributed by atoms with Crippen LogP contribution in [0.1, 0.15) is 23.6 Å². The molecule has 1 aliphatic rings. The summed E-state index contributed by atoms with van der Waals surface area (Å²) in [4.78, 5) is 16.4. The molecular weight excluding hydrogens is 406 g/mol. The van der Waals surface area contributed by atoms with Gasteiger partial charge < -0.3 is 24.5 Å². The fourth-order valence-electron chi connectivity index (χ4n) is 3.23. The molecule has 0 spiro atoms. The highest BCUT2D eigenvalue weighted by Crippen LogP contribution is 2.31. The number of H-pyrrole nitrogens is 1. The van der Waals surface area contributed by atoms with Gasteiger partial charge in [-0.2, -0.15) is 0 Å². The summed E-state index contributed by atoms with van der Waals surface area (Å²) in [6, 6.07) is 5.63. The summed E-state index contributed by atoms with van der Waals surface area (Å²) in [7, 11) is 0. The monoisotopic (exact) mass is 424 g/mol. The van der Waals surface area contributed by atoms with E-state index in [1.807, 2.05) is 13.0 Å². The number of rotatable bonds is 6. The predicted molar refractivity (Wildman–Crippen MR) is 102 cm³/mol. The number of aryl methyl sites for hydroxylation is 1. The molecular formula is C19H19ClF2N4O3. The Bertz CT molecular complexity index is 1040. The summed E-state index contributed by atoms with van der Waals surface area (Å²) in [6.45, 7) is 2.54. The molecule has 7 nitrogen and oxygen atoms in total. The van der Waals surface area contributed by atoms with Crippen molar-refractivity contribution in [2.75, 3.05) is 6.54 Å². The van der Waals surface area contributed by atoms with Gasteiger partial charge in [-0.3, -0.25) is 0 Å². The van der Waals surface area contributed by atoms with Crippen LogP contribution in [-0.4, -0.2) is 40.1 Å². The van der Waals surface area contributed by atoms with Crippen LogP contribution in [0.15, 0.2) is 28.8 Å². The molecule has 0 bridgehead atoms. The standard InChI is InChI=1S/C19H19ClF2N4O3/c1-10-4-13(29-25-10)9-28-17-7-15-11(6-14(17)20)5-12(24-15)8-23-19(27)26-3-2-16(26)18(21)22/h4-7,16,18,24H,2-3,8-9H2,1H3,(H,23,27)/t16-/m1/s1. The van der Waals surface area contributed by atoms with Crippen LogP contribution in [0, 0.1) is 6.92 Å². The molecule has 1 fully saturated rings. The number of urea groups is 1. The second kappa shape index (κ2) is 7.90. The number of aromatic nitrogens is 2. The number of alkyl halides is 2. The lowest BCUT2D eigenvalue weighted by Crippen LogP contribution is -2.57. The molecule has 1 atom stereocenters. The van der Waals surface area contributed by atoms with E-state index >= 15 is 0 Å². The third-order valence-electron chi connectivity index (χ3n) is 4.82. The molecule has 1 aliphatic heterocycles. The van der Waals surface area contributed by atoms with Gasteiger partial charge in [0.15, 0.2) is 5.76 Å². The van der Waals surface area contributed by atoms with Gasteiger partial charge in [0.25, 0.3) is 6.43 Å². The number of halogens is 3. The van der Waals surface area contributed by atoms with Gasteiger partial charge in [-0.15, -0.1) is 0 Å². The lowest BCUT2D eigenvalue weighted by Gasteiger charge is -2.40. The highest BCUT2D eigenvalue weighted by Gasteiger charge is 2.38. The Balaban J connectivity index is 1.40. The van der Waals surface area contributed by atoms with Crippen molar-refractivity contribution in [1.29, 1.82) is 0 Å². The van der Waals surface area contributed by atoms with Crippen LogP contribution in [0.4, 0.5) is 13.6 Å². The van der Waals surface area contributed by atoms with E-state index in [1.165, 1.54) is 0 Å². The number of nitrogens with zero attached hydrogens (tertiary/aromatic N) is 2. The van der Waals surface area contributed by atoms with Gasteiger partial charge in [-0.25, -0.2) is 13.6 Å². The molecule has 2 N–H and O–H groups in total. The normalized spacial score (nSPS) is 16.3. The maximum atomic E-state index is 12.8. The zero-order valence-corrected chi connectivity index (χ0v) is 16.3. The molecule has 2 amide bonds. The van der Waals surface area contributed by atoms with Gasteiger partial charge in [-0.05, 0) is 25.5 Å². The Morgan fingerprint density at radius 3 is 2.93 bits per heavy atom. The number of carbonyl (C=O) groups excluding carboxylic acids is 1. The molecule has 0 radical (unpaired) electrons. The second-order valence-electron chi connectivity index (χ2n) is 6.93. The number of nitrogens with one attached hydrogen (secondary N) is 2. The Morgan fingerprint density at radius 1 is 1.45 bits per heavy atom. The third kappa shape index (κ3) is 4.14. The van der Waals surface area contributed by atoms with E-state index in [1.54, 1.807) is 18.2 Å². The van der Waals surface area contributed by atoms with Gasteiger partial charge in [-0.1, -0.05) is 16.8 Å². The SMILES string of the molecule is Cc1cc(COc2cc3[nH]c(CNC(=O)N4CC[C@@H]4C(F)F)cc3cc2Cl)on1. The van der Waals surface area contributed by atoms with E-state index in [9.17, 15) is 13.6 Å². The molecule has 2 aromatic heterocycles. The molecule has 10 heteroatoms. The molecule has 29 heavy (non-hydrogen) atoms. The molecule has 4 rings (SSSR count). The van der Waals surface area contributed by atoms with E-state index < -0.39 is 18.5 Å². The highest BCUT2D eigenvalue weighted by molar-refractivity contribution is 6.32. The summed E-state index contributed by atoms with van der Waals surface area (Å²) in [5.74, 6) is 1.06. The topological polar surface area (TPSA) is 83.4 Å². The van der Waals surface area contributed by atoms with E-state index in [0.29, 0.717) is 29.5 Å². The first-order valence-corrected chi connectivity index (χ1v) is 9.47. The second-order valence-corrected chi connectivity index (χ2v) is 7.34. The van der Waals surface area contributed by atoms with Crippen molar-refractivity contribution in [2.24, 2.45) is 0 Å². The largest absolute Gasteiger partial charge is 0.484 e. The van der Waals surface area contributed by atoms with Crippen molar-refractivity contribution in [1.82, 2.24) is 20.4 Å². The summed E-state index contributed by atoms with van der Waals surface area (Å²) in [5.41, 5.74) is 2.26. The molecule has 3 heterocycles. The number of benzene rings is 1. The zero-order valence-electron chi connectivity index (χ0n) is 15.5. The van der Waals surface area contributed by atoms with Crippen molar-refractivity contribution < 1.29 is 22.8 Å². The smallest absolute Gasteiger partial charge is 0.318 e. The number of fused-ring (bicyclic) bond motifs is 1. The Kier molecular flexibility index (Phi) is 5.31. The average molecular weight is 425 g/mol. The van der Waals surface area contributed by atoms with Crippen LogP contribution < -0.4 is 10.1 Å². The highest BCUT2D eigenvalue weighted by atomic mass is 35.5. The molecule has 1 aromatic carbocycles. The van der Waals surface area contributed by atoms with E-state index in [2.05, 4.69) is 15.5 Å². The van der Waals surface area contributed by atoms with Crippen LogP contribution in [0.3, 0.4) is 0 Å². The minimum Gasteiger partial charge on any atom is -0.484 e. The van der Waals surface area contributed by atoms with Crippen LogP contribution in [-0.2, 0) is 13.2 Å². The van der Waals surface area contributed by atoms with Gasteiger partial charge in [0, 0.05) is 35.3 Å². The minimum atomic E-state index is -2.52. The van der Waals surface area contributed by atoms with Crippen molar-refractivity contribution >= 4 is 28.5 Å². The molecule has 1 saturated heterocycles. The van der Waals surface area contributed by atoms with Gasteiger partial charge in [0.2, 0.25) is 0 Å². The van der Waals surface area contributed by atoms with Gasteiger partial charge in [0.05, 0.1) is 23.3 Å². The van der Waals surface area contributed by atoms with E-state index in [-0.39, 0.29) is 13.2 Å². The fraction of sp³-hybridized carbons (Fsp3) is 0.368. The van der Waals surface area contributed by atoms with E-state index in [0.717, 1.165) is 27.2 Å². The predicted octanol–water partition coefficient (Wildman–Crippen LogP) is 4.25. The first kappa shape index (κ1) is 19.5. The van der Waals surface area contributed by atoms with Crippen molar-refractivity contribution in [3.05, 3.63) is 46.4 Å². The Morgan fingerprint density at radius 2 is 2.28 bits per heavy atom. The Hall–Kier alpha value is -2.81. The van der Waals surface area contributed by atoms with Crippen LogP contribution in [0.25, 0.3) is 10.9 Å². The van der Waals surface area contributed by atoms with Gasteiger partial charge >= 0.3 is 6.03 Å². The maximum Gasteiger partial charge on any atom is 0.318 e. The zero-order chi connectivity index (χ0) is 20.5. The first-order valence-electron chi connectivity index (χ1n) is 9.09. The molecule has 0 unspecified atom stereocenters. The van der Waals surface area contributed by atoms with Gasteiger partial charge in [0.1, 0.15) is 12.4 Å². The minimum absolute atomic E-state index is 0.186. The van der Waals surface area contributed by atoms with Crippen LogP contribution in [0.2, 0.25) is 5.02 Å². The number of hydrogen-bond donors (Lipinski definition) is 2. The summed E-state index contributed by atoms with van der Waals surface area (Å²) in [5, 5.41) is 7.74. The molecule has 154 valence electrons. The third-order valence-corrected chi connectivity index (χ3v) is 5.12. The number of amides is 2. The maximum absolute atomic E-state index is 12.8. The number of aromatic amines is 1. The molecule has 0 aliphatic carbocycles. The average Bonchev–Trinajstić information content (AvgIpc) is 3.21. The number of ether oxygens (including phenoxy) is 1. The number of likely N-dealkylation sites (tertiary alicyclic amines) is 1. The molecule has 0 saturated carbocycles. The first-order chi connectivity index (χ1) is 13.9. The lowest BCUT2D eigenvalue weighted by molar-refractivity contribution is -0.00919. The summed E-state index contributed by atoms with van der Waals surface area (Å²) in [6.07, 6.45) is -2.20. The van der Waals surface area contributed by atoms with E-state index in [4.69, 9.17) is 20.9 Å². The molecule has 3 aromatic rings. The lowest BCUT2D eigenvalue weighted by atomic mass is 10.1. The quantitative estimate of drug-likeness (QED) is 0.619. The van der Waals surface area contributed by atoms with Crippen LogP contribution in [0.5, 0.6) is 5.75 Å². The number of carbonyl (C=O) groups is 1. The van der Waals surface area contributed by atoms with Crippen molar-refractivity contribution in [2.45, 2.75) is 39.0 Å². The Labute approximate surface area is 169 Å². The summed E-state index contributed by atoms with van der Waals surface area (Å²) < 4.78 is 36.4. The van der Waals surface area contributed by atoms with Crippen molar-refractivity contribution in [3.8, 4) is 5.75 Å².